The van der Waals surface area contributed by atoms with E-state index in [1.807, 2.05) is 6.92 Å². The number of aromatic nitrogens is 5. The first-order valence-electron chi connectivity index (χ1n) is 7.89. The molecule has 3 aromatic rings. The Bertz CT molecular complexity index is 884. The molecule has 9 heteroatoms. The molecule has 1 saturated heterocycles. The zero-order valence-electron chi connectivity index (χ0n) is 13.2. The minimum Gasteiger partial charge on any atom is -0.338 e. The van der Waals surface area contributed by atoms with Gasteiger partial charge >= 0.3 is 0 Å². The van der Waals surface area contributed by atoms with Crippen LogP contribution in [-0.4, -0.2) is 37.8 Å². The number of pyridine rings is 1. The molecular formula is C15H16Cl2N6O. The smallest absolute Gasteiger partial charge is 0.266 e. The molecule has 0 aromatic carbocycles. The van der Waals surface area contributed by atoms with Gasteiger partial charge in [0.05, 0.1) is 15.7 Å². The Morgan fingerprint density at radius 3 is 2.71 bits per heavy atom. The minimum absolute atomic E-state index is 0.485. The van der Waals surface area contributed by atoms with Crippen molar-refractivity contribution in [2.75, 3.05) is 18.0 Å². The lowest BCUT2D eigenvalue weighted by Crippen LogP contribution is -2.18. The molecule has 1 aliphatic heterocycles. The van der Waals surface area contributed by atoms with Gasteiger partial charge in [-0.15, -0.1) is 0 Å². The Labute approximate surface area is 148 Å². The lowest BCUT2D eigenvalue weighted by Gasteiger charge is -2.09. The van der Waals surface area contributed by atoms with E-state index in [9.17, 15) is 0 Å². The third-order valence-corrected chi connectivity index (χ3v) is 4.85. The van der Waals surface area contributed by atoms with E-state index in [-0.39, 0.29) is 0 Å². The second-order valence-corrected chi connectivity index (χ2v) is 6.69. The predicted molar refractivity (Wildman–Crippen MR) is 90.9 cm³/mol. The van der Waals surface area contributed by atoms with Crippen molar-refractivity contribution in [3.05, 3.63) is 33.5 Å². The Balaban J connectivity index is 1.51. The number of aryl methyl sites for hydroxylation is 3. The third kappa shape index (κ3) is 2.82. The molecule has 0 spiro atoms. The number of halogens is 2. The van der Waals surface area contributed by atoms with Crippen molar-refractivity contribution in [3.8, 4) is 0 Å². The van der Waals surface area contributed by atoms with Gasteiger partial charge in [-0.25, -0.2) is 9.50 Å². The average molecular weight is 367 g/mol. The molecule has 126 valence electrons. The first-order valence-corrected chi connectivity index (χ1v) is 8.65. The highest BCUT2D eigenvalue weighted by atomic mass is 35.5. The summed E-state index contributed by atoms with van der Waals surface area (Å²) in [5.74, 6) is 1.94. The highest BCUT2D eigenvalue weighted by molar-refractivity contribution is 6.36. The molecule has 0 saturated carbocycles. The van der Waals surface area contributed by atoms with Crippen LogP contribution in [0.15, 0.2) is 10.6 Å². The van der Waals surface area contributed by atoms with Crippen LogP contribution in [0.5, 0.6) is 0 Å². The van der Waals surface area contributed by atoms with Crippen molar-refractivity contribution in [1.82, 2.24) is 24.7 Å². The number of rotatable bonds is 4. The van der Waals surface area contributed by atoms with Gasteiger partial charge in [0.25, 0.3) is 5.95 Å². The Morgan fingerprint density at radius 2 is 1.92 bits per heavy atom. The van der Waals surface area contributed by atoms with E-state index in [0.717, 1.165) is 18.8 Å². The lowest BCUT2D eigenvalue weighted by molar-refractivity contribution is 0.377. The molecular weight excluding hydrogens is 351 g/mol. The summed E-state index contributed by atoms with van der Waals surface area (Å²) in [6, 6.07) is 1.69. The first-order chi connectivity index (χ1) is 11.6. The number of anilines is 1. The second kappa shape index (κ2) is 6.22. The Kier molecular flexibility index (Phi) is 4.05. The van der Waals surface area contributed by atoms with Gasteiger partial charge in [-0.2, -0.15) is 10.1 Å². The van der Waals surface area contributed by atoms with Crippen LogP contribution in [0.4, 0.5) is 5.95 Å². The average Bonchev–Trinajstić information content (AvgIpc) is 3.29. The highest BCUT2D eigenvalue weighted by Gasteiger charge is 2.18. The SMILES string of the molecule is Cc1c(Cl)cc(Cl)c2nc(CCc3nc(N4CCCC4)no3)nn12. The minimum atomic E-state index is 0.485. The maximum absolute atomic E-state index is 6.19. The van der Waals surface area contributed by atoms with Gasteiger partial charge < -0.3 is 9.42 Å². The molecule has 0 radical (unpaired) electrons. The summed E-state index contributed by atoms with van der Waals surface area (Å²) >= 11 is 12.3. The molecule has 4 rings (SSSR count). The van der Waals surface area contributed by atoms with Crippen molar-refractivity contribution in [1.29, 1.82) is 0 Å². The van der Waals surface area contributed by atoms with Crippen LogP contribution < -0.4 is 4.90 Å². The molecule has 1 aliphatic rings. The summed E-state index contributed by atoms with van der Waals surface area (Å²) < 4.78 is 7.00. The van der Waals surface area contributed by atoms with Crippen LogP contribution >= 0.6 is 23.2 Å². The Hall–Kier alpha value is -1.86. The van der Waals surface area contributed by atoms with Gasteiger partial charge in [0, 0.05) is 25.9 Å². The lowest BCUT2D eigenvalue weighted by atomic mass is 10.3. The molecule has 0 bridgehead atoms. The number of hydrogen-bond donors (Lipinski definition) is 0. The predicted octanol–water partition coefficient (Wildman–Crippen LogP) is 3.11. The fourth-order valence-electron chi connectivity index (χ4n) is 2.84. The van der Waals surface area contributed by atoms with E-state index in [1.54, 1.807) is 10.6 Å². The van der Waals surface area contributed by atoms with Gasteiger partial charge in [-0.1, -0.05) is 23.2 Å². The molecule has 0 N–H and O–H groups in total. The number of hydrogen-bond acceptors (Lipinski definition) is 6. The quantitative estimate of drug-likeness (QED) is 0.706. The van der Waals surface area contributed by atoms with Crippen LogP contribution in [-0.2, 0) is 12.8 Å². The monoisotopic (exact) mass is 366 g/mol. The van der Waals surface area contributed by atoms with Crippen molar-refractivity contribution in [3.63, 3.8) is 0 Å². The van der Waals surface area contributed by atoms with E-state index in [4.69, 9.17) is 27.7 Å². The summed E-state index contributed by atoms with van der Waals surface area (Å²) in [5.41, 5.74) is 1.42. The number of fused-ring (bicyclic) bond motifs is 1. The maximum atomic E-state index is 6.19. The van der Waals surface area contributed by atoms with Crippen LogP contribution in [0.25, 0.3) is 5.65 Å². The molecule has 0 atom stereocenters. The summed E-state index contributed by atoms with van der Waals surface area (Å²) in [4.78, 5) is 11.1. The van der Waals surface area contributed by atoms with Crippen LogP contribution in [0, 0.1) is 6.92 Å². The van der Waals surface area contributed by atoms with Crippen LogP contribution in [0.3, 0.4) is 0 Å². The van der Waals surface area contributed by atoms with E-state index in [0.29, 0.717) is 46.2 Å². The standard InChI is InChI=1S/C15H16Cl2N6O/c1-9-10(16)8-11(17)14-18-12(20-23(9)14)4-5-13-19-15(21-24-13)22-6-2-3-7-22/h8H,2-7H2,1H3. The van der Waals surface area contributed by atoms with Crippen LogP contribution in [0.1, 0.15) is 30.3 Å². The summed E-state index contributed by atoms with van der Waals surface area (Å²) in [6.45, 7) is 3.86. The van der Waals surface area contributed by atoms with Gasteiger partial charge in [0.2, 0.25) is 5.89 Å². The Morgan fingerprint density at radius 1 is 1.12 bits per heavy atom. The molecule has 0 aliphatic carbocycles. The molecule has 7 nitrogen and oxygen atoms in total. The van der Waals surface area contributed by atoms with E-state index in [1.165, 1.54) is 12.8 Å². The third-order valence-electron chi connectivity index (χ3n) is 4.19. The summed E-state index contributed by atoms with van der Waals surface area (Å²) in [7, 11) is 0. The fraction of sp³-hybridized carbons (Fsp3) is 0.467. The largest absolute Gasteiger partial charge is 0.338 e. The maximum Gasteiger partial charge on any atom is 0.266 e. The molecule has 1 fully saturated rings. The summed E-state index contributed by atoms with van der Waals surface area (Å²) in [5, 5.41) is 9.57. The van der Waals surface area contributed by atoms with Crippen molar-refractivity contribution in [2.45, 2.75) is 32.6 Å². The molecule has 3 aromatic heterocycles. The summed E-state index contributed by atoms with van der Waals surface area (Å²) in [6.07, 6.45) is 3.54. The van der Waals surface area contributed by atoms with Crippen molar-refractivity contribution >= 4 is 34.8 Å². The van der Waals surface area contributed by atoms with Gasteiger partial charge in [-0.05, 0) is 31.0 Å². The van der Waals surface area contributed by atoms with Gasteiger partial charge in [0.1, 0.15) is 0 Å². The molecule has 24 heavy (non-hydrogen) atoms. The van der Waals surface area contributed by atoms with E-state index in [2.05, 4.69) is 25.1 Å². The normalized spacial score (nSPS) is 14.9. The van der Waals surface area contributed by atoms with Gasteiger partial charge in [0.15, 0.2) is 11.5 Å². The topological polar surface area (TPSA) is 72.3 Å². The zero-order valence-corrected chi connectivity index (χ0v) is 14.7. The van der Waals surface area contributed by atoms with E-state index < -0.39 is 0 Å². The second-order valence-electron chi connectivity index (χ2n) is 5.87. The molecule has 0 amide bonds. The van der Waals surface area contributed by atoms with E-state index >= 15 is 0 Å². The van der Waals surface area contributed by atoms with Crippen molar-refractivity contribution < 1.29 is 4.52 Å². The van der Waals surface area contributed by atoms with Crippen molar-refractivity contribution in [2.24, 2.45) is 0 Å². The van der Waals surface area contributed by atoms with Crippen LogP contribution in [0.2, 0.25) is 10.0 Å². The first kappa shape index (κ1) is 15.7. The molecule has 0 unspecified atom stereocenters. The number of nitrogens with zero attached hydrogens (tertiary/aromatic N) is 6. The molecule has 4 heterocycles. The zero-order chi connectivity index (χ0) is 16.7. The fourth-order valence-corrected chi connectivity index (χ4v) is 3.32. The highest BCUT2D eigenvalue weighted by Crippen LogP contribution is 2.24. The van der Waals surface area contributed by atoms with Gasteiger partial charge in [-0.3, -0.25) is 0 Å².